The van der Waals surface area contributed by atoms with E-state index in [4.69, 9.17) is 14.2 Å². The molecule has 0 radical (unpaired) electrons. The third kappa shape index (κ3) is 66.4. The molecule has 82 heavy (non-hydrogen) atoms. The Morgan fingerprint density at radius 3 is 0.805 bits per heavy atom. The highest BCUT2D eigenvalue weighted by molar-refractivity contribution is 5.72. The summed E-state index contributed by atoms with van der Waals surface area (Å²) in [6, 6.07) is 0. The van der Waals surface area contributed by atoms with E-state index in [1.165, 1.54) is 161 Å². The number of carbonyl (C=O) groups excluding carboxylic acids is 3. The number of ether oxygens (including phenoxy) is 3. The molecule has 0 aliphatic carbocycles. The summed E-state index contributed by atoms with van der Waals surface area (Å²) in [6.45, 7) is 6.35. The van der Waals surface area contributed by atoms with E-state index in [-0.39, 0.29) is 31.6 Å². The molecule has 0 heterocycles. The molecule has 0 spiro atoms. The van der Waals surface area contributed by atoms with Crippen molar-refractivity contribution in [3.05, 3.63) is 134 Å². The molecular formula is C76H126O6. The number of carbonyl (C=O) groups is 3. The van der Waals surface area contributed by atoms with E-state index in [1.54, 1.807) is 6.08 Å². The zero-order valence-corrected chi connectivity index (χ0v) is 53.5. The molecule has 0 aliphatic heterocycles. The SMILES string of the molecule is CC/C=C\C/C=C\C/C=C\C/C=C\C/C=C\C/C=C\CCCCCCCCCCCCCCCCCCC(=O)OCC(COC(=O)CCCCCCCCCCCCCCCC)OC(=O)C/C=C\C/C=C\C/C=C\C/C=C\C/C=C\CC. The van der Waals surface area contributed by atoms with Crippen molar-refractivity contribution in [2.45, 2.75) is 316 Å². The van der Waals surface area contributed by atoms with Crippen LogP contribution in [0.15, 0.2) is 134 Å². The minimum Gasteiger partial charge on any atom is -0.462 e. The fourth-order valence-electron chi connectivity index (χ4n) is 9.41. The van der Waals surface area contributed by atoms with Gasteiger partial charge in [0.2, 0.25) is 0 Å². The second-order valence-electron chi connectivity index (χ2n) is 22.3. The number of esters is 3. The highest BCUT2D eigenvalue weighted by atomic mass is 16.6. The Balaban J connectivity index is 4.21. The van der Waals surface area contributed by atoms with Gasteiger partial charge in [-0.15, -0.1) is 0 Å². The van der Waals surface area contributed by atoms with E-state index >= 15 is 0 Å². The van der Waals surface area contributed by atoms with Crippen LogP contribution >= 0.6 is 0 Å². The highest BCUT2D eigenvalue weighted by Gasteiger charge is 2.19. The lowest BCUT2D eigenvalue weighted by atomic mass is 10.0. The Bertz CT molecular complexity index is 1730. The quantitative estimate of drug-likeness (QED) is 0.0261. The van der Waals surface area contributed by atoms with Gasteiger partial charge in [-0.25, -0.2) is 0 Å². The first-order chi connectivity index (χ1) is 40.5. The van der Waals surface area contributed by atoms with Crippen LogP contribution in [-0.4, -0.2) is 37.2 Å². The normalized spacial score (nSPS) is 13.0. The maximum atomic E-state index is 12.8. The van der Waals surface area contributed by atoms with E-state index in [0.29, 0.717) is 12.8 Å². The second-order valence-corrected chi connectivity index (χ2v) is 22.3. The molecule has 0 aromatic heterocycles. The van der Waals surface area contributed by atoms with Gasteiger partial charge in [0.15, 0.2) is 6.10 Å². The topological polar surface area (TPSA) is 78.9 Å². The number of hydrogen-bond donors (Lipinski definition) is 0. The zero-order chi connectivity index (χ0) is 59.2. The van der Waals surface area contributed by atoms with Gasteiger partial charge in [-0.3, -0.25) is 14.4 Å². The molecule has 0 saturated carbocycles. The Hall–Kier alpha value is -4.45. The highest BCUT2D eigenvalue weighted by Crippen LogP contribution is 2.17. The van der Waals surface area contributed by atoms with Crippen molar-refractivity contribution in [1.29, 1.82) is 0 Å². The molecule has 1 unspecified atom stereocenters. The van der Waals surface area contributed by atoms with Gasteiger partial charge in [-0.2, -0.15) is 0 Å². The standard InChI is InChI=1S/C76H126O6/c1-4-7-10-13-16-19-22-25-28-29-30-31-32-33-34-35-36-37-38-39-40-41-42-43-44-45-46-47-49-51-54-57-60-63-66-69-75(78)81-72-73(71-80-74(77)68-65-62-59-56-53-50-27-24-21-18-15-12-9-6-3)82-76(79)70-67-64-61-58-55-52-48-26-23-20-17-14-11-8-5-2/h7-8,10-11,16-17,19-20,25-26,28,30-31,33-34,36-37,48,55,58,64,67,73H,4-6,9,12-15,18,21-24,27,29,32,35,38-47,49-54,56-57,59-63,65-66,68-72H2,1-3H3/b10-7-,11-8-,19-16-,20-17-,28-25-,31-30-,34-33-,37-36-,48-26-,58-55-,67-64-. The summed E-state index contributed by atoms with van der Waals surface area (Å²) in [5.41, 5.74) is 0. The minimum absolute atomic E-state index is 0.0963. The van der Waals surface area contributed by atoms with Gasteiger partial charge < -0.3 is 14.2 Å². The fourth-order valence-corrected chi connectivity index (χ4v) is 9.41. The van der Waals surface area contributed by atoms with Crippen LogP contribution in [0, 0.1) is 0 Å². The van der Waals surface area contributed by atoms with Gasteiger partial charge in [0.1, 0.15) is 13.2 Å². The smallest absolute Gasteiger partial charge is 0.310 e. The summed E-state index contributed by atoms with van der Waals surface area (Å²) in [5.74, 6) is -1.04. The first-order valence-corrected chi connectivity index (χ1v) is 34.2. The van der Waals surface area contributed by atoms with Crippen molar-refractivity contribution in [3.63, 3.8) is 0 Å². The van der Waals surface area contributed by atoms with Gasteiger partial charge >= 0.3 is 17.9 Å². The average Bonchev–Trinajstić information content (AvgIpc) is 3.48. The van der Waals surface area contributed by atoms with Gasteiger partial charge in [-0.1, -0.05) is 328 Å². The maximum Gasteiger partial charge on any atom is 0.310 e. The summed E-state index contributed by atoms with van der Waals surface area (Å²) in [5, 5.41) is 0. The molecule has 0 saturated heterocycles. The largest absolute Gasteiger partial charge is 0.462 e. The van der Waals surface area contributed by atoms with Crippen LogP contribution in [0.2, 0.25) is 0 Å². The summed E-state index contributed by atoms with van der Waals surface area (Å²) < 4.78 is 16.8. The molecule has 6 nitrogen and oxygen atoms in total. The van der Waals surface area contributed by atoms with Crippen molar-refractivity contribution in [1.82, 2.24) is 0 Å². The Morgan fingerprint density at radius 2 is 0.512 bits per heavy atom. The predicted octanol–water partition coefficient (Wildman–Crippen LogP) is 23.7. The Morgan fingerprint density at radius 1 is 0.268 bits per heavy atom. The molecule has 6 heteroatoms. The van der Waals surface area contributed by atoms with Crippen molar-refractivity contribution in [3.8, 4) is 0 Å². The summed E-state index contributed by atoms with van der Waals surface area (Å²) >= 11 is 0. The fraction of sp³-hybridized carbons (Fsp3) is 0.671. The molecule has 0 amide bonds. The van der Waals surface area contributed by atoms with Gasteiger partial charge in [-0.05, 0) is 96.3 Å². The third-order valence-electron chi connectivity index (χ3n) is 14.4. The molecule has 0 aliphatic rings. The van der Waals surface area contributed by atoms with E-state index in [9.17, 15) is 14.4 Å². The molecule has 0 N–H and O–H groups in total. The zero-order valence-electron chi connectivity index (χ0n) is 53.5. The van der Waals surface area contributed by atoms with Crippen LogP contribution in [0.25, 0.3) is 0 Å². The number of allylic oxidation sites excluding steroid dienone is 21. The lowest BCUT2D eigenvalue weighted by Crippen LogP contribution is -2.30. The van der Waals surface area contributed by atoms with Crippen LogP contribution in [0.5, 0.6) is 0 Å². The number of unbranched alkanes of at least 4 members (excludes halogenated alkanes) is 29. The van der Waals surface area contributed by atoms with Crippen LogP contribution in [0.4, 0.5) is 0 Å². The summed E-state index contributed by atoms with van der Waals surface area (Å²) in [7, 11) is 0. The second kappa shape index (κ2) is 69.0. The molecule has 0 aromatic carbocycles. The van der Waals surface area contributed by atoms with E-state index in [1.807, 2.05) is 6.08 Å². The molecule has 1 atom stereocenters. The van der Waals surface area contributed by atoms with Crippen LogP contribution < -0.4 is 0 Å². The van der Waals surface area contributed by atoms with E-state index in [2.05, 4.69) is 142 Å². The molecule has 466 valence electrons. The maximum absolute atomic E-state index is 12.8. The molecule has 0 fully saturated rings. The lowest BCUT2D eigenvalue weighted by Gasteiger charge is -2.18. The molecule has 0 bridgehead atoms. The van der Waals surface area contributed by atoms with Crippen LogP contribution in [0.3, 0.4) is 0 Å². The molecular weight excluding hydrogens is 1010 g/mol. The van der Waals surface area contributed by atoms with Crippen molar-refractivity contribution in [2.75, 3.05) is 13.2 Å². The number of hydrogen-bond acceptors (Lipinski definition) is 6. The van der Waals surface area contributed by atoms with Gasteiger partial charge in [0.05, 0.1) is 6.42 Å². The van der Waals surface area contributed by atoms with Crippen molar-refractivity contribution >= 4 is 17.9 Å². The monoisotopic (exact) mass is 1130 g/mol. The average molecular weight is 1140 g/mol. The summed E-state index contributed by atoms with van der Waals surface area (Å²) in [4.78, 5) is 38.2. The molecule has 0 rings (SSSR count). The minimum atomic E-state index is -0.833. The van der Waals surface area contributed by atoms with Gasteiger partial charge in [0.25, 0.3) is 0 Å². The Kier molecular flexibility index (Phi) is 65.3. The van der Waals surface area contributed by atoms with Gasteiger partial charge in [0, 0.05) is 12.8 Å². The third-order valence-corrected chi connectivity index (χ3v) is 14.4. The predicted molar refractivity (Wildman–Crippen MR) is 357 cm³/mol. The number of rotatable bonds is 61. The van der Waals surface area contributed by atoms with Crippen molar-refractivity contribution in [2.24, 2.45) is 0 Å². The first kappa shape index (κ1) is 77.5. The Labute approximate surface area is 506 Å². The van der Waals surface area contributed by atoms with Crippen LogP contribution in [-0.2, 0) is 28.6 Å². The lowest BCUT2D eigenvalue weighted by molar-refractivity contribution is -0.166. The first-order valence-electron chi connectivity index (χ1n) is 34.2. The summed E-state index contributed by atoms with van der Waals surface area (Å²) in [6.07, 6.45) is 98.0. The van der Waals surface area contributed by atoms with Crippen LogP contribution in [0.1, 0.15) is 310 Å². The molecule has 0 aromatic rings. The van der Waals surface area contributed by atoms with E-state index in [0.717, 1.165) is 109 Å². The van der Waals surface area contributed by atoms with E-state index < -0.39 is 12.1 Å². The van der Waals surface area contributed by atoms with Crippen molar-refractivity contribution < 1.29 is 28.6 Å².